The van der Waals surface area contributed by atoms with Crippen LogP contribution in [0, 0.1) is 5.82 Å². The number of carbonyl (C=O) groups is 5. The molecule has 3 atom stereocenters. The number of carboxylic acid groups (broad SMARTS) is 1. The molecule has 0 aromatic heterocycles. The molecule has 0 aliphatic carbocycles. The van der Waals surface area contributed by atoms with E-state index in [1.165, 1.54) is 17.0 Å². The summed E-state index contributed by atoms with van der Waals surface area (Å²) in [5, 5.41) is 32.1. The first kappa shape index (κ1) is 30.5. The van der Waals surface area contributed by atoms with E-state index in [2.05, 4.69) is 5.32 Å². The van der Waals surface area contributed by atoms with Crippen LogP contribution in [0.2, 0.25) is 5.82 Å². The number of aromatic hydroxyl groups is 1. The number of piperazine rings is 1. The monoisotopic (exact) mass is 584 g/mol. The van der Waals surface area contributed by atoms with E-state index in [-0.39, 0.29) is 49.4 Å². The van der Waals surface area contributed by atoms with Crippen molar-refractivity contribution in [1.29, 1.82) is 0 Å². The number of halogens is 1. The topological polar surface area (TPSA) is 200 Å². The van der Waals surface area contributed by atoms with E-state index < -0.39 is 72.6 Å². The molecule has 1 fully saturated rings. The molecule has 6 N–H and O–H groups in total. The van der Waals surface area contributed by atoms with Gasteiger partial charge in [0, 0.05) is 37.0 Å². The van der Waals surface area contributed by atoms with E-state index >= 15 is 4.39 Å². The Morgan fingerprint density at radius 3 is 2.60 bits per heavy atom. The zero-order valence-electron chi connectivity index (χ0n) is 22.7. The molecule has 2 aliphatic heterocycles. The smallest absolute Gasteiger partial charge is 0.526 e. The Hall–Kier alpha value is -4.50. The molecule has 0 bridgehead atoms. The summed E-state index contributed by atoms with van der Waals surface area (Å²) in [5.74, 6) is -6.48. The van der Waals surface area contributed by atoms with Crippen LogP contribution in [-0.4, -0.2) is 87.4 Å². The van der Waals surface area contributed by atoms with Gasteiger partial charge >= 0.3 is 30.9 Å². The Bertz CT molecular complexity index is 1420. The lowest BCUT2D eigenvalue weighted by Crippen LogP contribution is -2.63. The minimum atomic E-state index is -1.69. The Balaban J connectivity index is 1.62. The number of nitrogens with two attached hydrogens (primary N) is 1. The number of nitrogens with one attached hydrogen (secondary N) is 1. The molecule has 4 rings (SSSR count). The molecule has 2 heterocycles. The van der Waals surface area contributed by atoms with E-state index in [4.69, 9.17) is 10.4 Å². The molecule has 4 amide bonds. The second kappa shape index (κ2) is 12.6. The maximum atomic E-state index is 15.0. The average molecular weight is 584 g/mol. The highest BCUT2D eigenvalue weighted by molar-refractivity contribution is 6.47. The Kier molecular flexibility index (Phi) is 9.12. The second-order valence-electron chi connectivity index (χ2n) is 10.1. The molecule has 0 spiro atoms. The maximum absolute atomic E-state index is 15.0. The van der Waals surface area contributed by atoms with Crippen LogP contribution in [0.25, 0.3) is 0 Å². The van der Waals surface area contributed by atoms with Crippen LogP contribution in [0.4, 0.5) is 9.18 Å². The highest BCUT2D eigenvalue weighted by Gasteiger charge is 2.44. The van der Waals surface area contributed by atoms with E-state index in [0.29, 0.717) is 10.5 Å². The van der Waals surface area contributed by atoms with Crippen molar-refractivity contribution in [2.24, 2.45) is 5.73 Å². The number of rotatable bonds is 9. The number of carbonyl (C=O) groups excluding carboxylic acids is 4. The number of nitrogens with zero attached hydrogens (tertiary/aromatic N) is 2. The lowest BCUT2D eigenvalue weighted by Gasteiger charge is -2.39. The summed E-state index contributed by atoms with van der Waals surface area (Å²) in [6.45, 7) is 2.02. The Morgan fingerprint density at radius 2 is 1.95 bits per heavy atom. The molecule has 0 radical (unpaired) electrons. The van der Waals surface area contributed by atoms with Crippen molar-refractivity contribution in [3.8, 4) is 11.5 Å². The number of para-hydroxylation sites is 1. The van der Waals surface area contributed by atoms with Gasteiger partial charge in [-0.25, -0.2) is 14.0 Å². The van der Waals surface area contributed by atoms with Crippen LogP contribution < -0.4 is 15.7 Å². The van der Waals surface area contributed by atoms with Gasteiger partial charge in [-0.05, 0) is 50.1 Å². The predicted molar refractivity (Wildman–Crippen MR) is 145 cm³/mol. The largest absolute Gasteiger partial charge is 0.535 e. The molecule has 0 saturated carbocycles. The number of aromatic carboxylic acids is 1. The number of imide groups is 1. The van der Waals surface area contributed by atoms with Crippen LogP contribution in [0.3, 0.4) is 0 Å². The summed E-state index contributed by atoms with van der Waals surface area (Å²) in [4.78, 5) is 66.1. The van der Waals surface area contributed by atoms with Crippen LogP contribution in [0.15, 0.2) is 36.4 Å². The predicted octanol–water partition coefficient (Wildman–Crippen LogP) is 0.833. The molecule has 2 aromatic rings. The molecule has 2 aromatic carbocycles. The Morgan fingerprint density at radius 1 is 1.21 bits per heavy atom. The zero-order valence-corrected chi connectivity index (χ0v) is 22.7. The van der Waals surface area contributed by atoms with Gasteiger partial charge in [0.25, 0.3) is 0 Å². The summed E-state index contributed by atoms with van der Waals surface area (Å²) < 4.78 is 20.5. The quantitative estimate of drug-likeness (QED) is 0.208. The number of ketones is 1. The fourth-order valence-electron chi connectivity index (χ4n) is 5.24. The third-order valence-electron chi connectivity index (χ3n) is 7.38. The molecule has 1 saturated heterocycles. The van der Waals surface area contributed by atoms with Gasteiger partial charge in [0.05, 0.1) is 11.6 Å². The molecule has 2 aliphatic rings. The molecule has 1 unspecified atom stereocenters. The van der Waals surface area contributed by atoms with Crippen LogP contribution in [0.1, 0.15) is 47.3 Å². The standard InChI is InChI=1S/C27H30BFN4O9/c1-2-32-13-16(8-9-30)33(25(37)24(32)36)27(40)31-22(18-7-6-17(34)12-20(18)29)21(35)11-15-10-14-4-3-5-19(26(38)39)23(14)42-28(15)41/h3-7,12,15-16,22,34,41H,2,8-11,13,30H2,1H3,(H,31,40)(H,38,39)/t15-,16+,22?/m1/s1. The van der Waals surface area contributed by atoms with Gasteiger partial charge in [-0.15, -0.1) is 0 Å². The fourth-order valence-corrected chi connectivity index (χ4v) is 5.24. The lowest BCUT2D eigenvalue weighted by atomic mass is 9.64. The van der Waals surface area contributed by atoms with Crippen molar-refractivity contribution in [1.82, 2.24) is 15.1 Å². The lowest BCUT2D eigenvalue weighted by molar-refractivity contribution is -0.156. The molecule has 15 heteroatoms. The van der Waals surface area contributed by atoms with Crippen molar-refractivity contribution in [3.63, 3.8) is 0 Å². The number of hydrogen-bond donors (Lipinski definition) is 5. The molecular weight excluding hydrogens is 554 g/mol. The van der Waals surface area contributed by atoms with Gasteiger partial charge in [0.1, 0.15) is 23.4 Å². The van der Waals surface area contributed by atoms with E-state index in [1.807, 2.05) is 0 Å². The highest BCUT2D eigenvalue weighted by atomic mass is 19.1. The summed E-state index contributed by atoms with van der Waals surface area (Å²) in [6, 6.07) is 3.72. The first-order valence-corrected chi connectivity index (χ1v) is 13.3. The minimum Gasteiger partial charge on any atom is -0.535 e. The summed E-state index contributed by atoms with van der Waals surface area (Å²) in [6.07, 6.45) is -0.253. The van der Waals surface area contributed by atoms with Gasteiger partial charge in [0.15, 0.2) is 5.78 Å². The molecular formula is C27H30BFN4O9. The number of phenols is 1. The maximum Gasteiger partial charge on any atom is 0.526 e. The number of benzene rings is 2. The first-order chi connectivity index (χ1) is 20.0. The highest BCUT2D eigenvalue weighted by Crippen LogP contribution is 2.37. The van der Waals surface area contributed by atoms with Gasteiger partial charge in [-0.1, -0.05) is 12.1 Å². The van der Waals surface area contributed by atoms with E-state index in [1.54, 1.807) is 13.0 Å². The summed E-state index contributed by atoms with van der Waals surface area (Å²) >= 11 is 0. The van der Waals surface area contributed by atoms with Gasteiger partial charge in [0.2, 0.25) is 0 Å². The van der Waals surface area contributed by atoms with Crippen LogP contribution in [-0.2, 0) is 20.8 Å². The van der Waals surface area contributed by atoms with Gasteiger partial charge in [-0.2, -0.15) is 0 Å². The molecule has 13 nitrogen and oxygen atoms in total. The van der Waals surface area contributed by atoms with Crippen molar-refractivity contribution < 1.29 is 48.3 Å². The fraction of sp³-hybridized carbons (Fsp3) is 0.370. The number of urea groups is 1. The zero-order chi connectivity index (χ0) is 30.7. The van der Waals surface area contributed by atoms with Crippen molar-refractivity contribution in [2.45, 2.75) is 44.1 Å². The third kappa shape index (κ3) is 6.06. The number of likely N-dealkylation sites (N-methyl/N-ethyl adjacent to an activating group) is 1. The second-order valence-corrected chi connectivity index (χ2v) is 10.1. The van der Waals surface area contributed by atoms with Crippen LogP contribution in [0.5, 0.6) is 11.5 Å². The van der Waals surface area contributed by atoms with Crippen LogP contribution >= 0.6 is 0 Å². The number of hydrogen-bond acceptors (Lipinski definition) is 9. The van der Waals surface area contributed by atoms with Crippen molar-refractivity contribution in [2.75, 3.05) is 19.6 Å². The van der Waals surface area contributed by atoms with E-state index in [9.17, 15) is 39.2 Å². The number of Topliss-reactive ketones (excluding diaryl/α,β-unsaturated/α-hetero) is 1. The SMILES string of the molecule is CCN1C[C@H](CCN)N(C(=O)NC(C(=O)C[C@H]2Cc3cccc(C(=O)O)c3OB2O)c2ccc(O)cc2F)C(=O)C1=O. The number of phenolic OH excluding ortho intramolecular Hbond substituents is 1. The summed E-state index contributed by atoms with van der Waals surface area (Å²) in [7, 11) is -1.60. The Labute approximate surface area is 240 Å². The third-order valence-corrected chi connectivity index (χ3v) is 7.38. The van der Waals surface area contributed by atoms with Gasteiger partial charge in [-0.3, -0.25) is 19.3 Å². The first-order valence-electron chi connectivity index (χ1n) is 13.3. The normalized spacial score (nSPS) is 19.2. The number of carboxylic acids is 1. The number of amides is 4. The molecule has 222 valence electrons. The van der Waals surface area contributed by atoms with Crippen molar-refractivity contribution >= 4 is 36.7 Å². The van der Waals surface area contributed by atoms with Gasteiger partial charge < -0.3 is 35.8 Å². The number of fused-ring (bicyclic) bond motifs is 1. The van der Waals surface area contributed by atoms with Crippen molar-refractivity contribution in [3.05, 3.63) is 58.9 Å². The average Bonchev–Trinajstić information content (AvgIpc) is 2.94. The minimum absolute atomic E-state index is 0.0290. The van der Waals surface area contributed by atoms with E-state index in [0.717, 1.165) is 18.2 Å². The molecule has 42 heavy (non-hydrogen) atoms. The summed E-state index contributed by atoms with van der Waals surface area (Å²) in [5.41, 5.74) is 5.61.